The van der Waals surface area contributed by atoms with E-state index >= 15 is 0 Å². The molecule has 250 valence electrons. The molecule has 4 heteroatoms. The lowest BCUT2D eigenvalue weighted by Gasteiger charge is -2.35. The third kappa shape index (κ3) is 6.88. The largest absolute Gasteiger partial charge is 0.508 e. The van der Waals surface area contributed by atoms with Crippen molar-refractivity contribution >= 4 is 11.1 Å². The normalized spacial score (nSPS) is 16.4. The van der Waals surface area contributed by atoms with Crippen LogP contribution in [0.3, 0.4) is 0 Å². The molecule has 4 nitrogen and oxygen atoms in total. The van der Waals surface area contributed by atoms with Gasteiger partial charge in [0.05, 0.1) is 14.2 Å². The molecule has 6 aromatic rings. The molecule has 2 aliphatic rings. The van der Waals surface area contributed by atoms with Crippen molar-refractivity contribution in [2.24, 2.45) is 0 Å². The summed E-state index contributed by atoms with van der Waals surface area (Å²) in [6.07, 6.45) is 4.15. The number of benzene rings is 6. The van der Waals surface area contributed by atoms with Crippen molar-refractivity contribution in [2.45, 2.75) is 37.5 Å². The van der Waals surface area contributed by atoms with Gasteiger partial charge in [0, 0.05) is 5.92 Å². The van der Waals surface area contributed by atoms with E-state index in [1.54, 1.807) is 38.5 Å². The number of aryl methyl sites for hydroxylation is 2. The predicted molar refractivity (Wildman–Crippen MR) is 202 cm³/mol. The number of aromatic hydroxyl groups is 2. The van der Waals surface area contributed by atoms with Crippen molar-refractivity contribution in [2.75, 3.05) is 14.2 Å². The molecule has 0 fully saturated rings. The van der Waals surface area contributed by atoms with Crippen LogP contribution in [0.15, 0.2) is 146 Å². The van der Waals surface area contributed by atoms with Gasteiger partial charge in [-0.2, -0.15) is 0 Å². The number of hydrogen-bond acceptors (Lipinski definition) is 4. The first-order chi connectivity index (χ1) is 24.5. The lowest BCUT2D eigenvalue weighted by molar-refractivity contribution is 0.412. The van der Waals surface area contributed by atoms with Gasteiger partial charge in [-0.1, -0.05) is 97.1 Å². The van der Waals surface area contributed by atoms with Gasteiger partial charge in [0.25, 0.3) is 0 Å². The van der Waals surface area contributed by atoms with Crippen molar-refractivity contribution in [3.8, 4) is 23.0 Å². The average Bonchev–Trinajstić information content (AvgIpc) is 3.18. The van der Waals surface area contributed by atoms with E-state index in [4.69, 9.17) is 9.47 Å². The van der Waals surface area contributed by atoms with Crippen LogP contribution in [0.2, 0.25) is 0 Å². The summed E-state index contributed by atoms with van der Waals surface area (Å²) in [6, 6.07) is 49.2. The van der Waals surface area contributed by atoms with E-state index in [1.165, 1.54) is 50.1 Å². The topological polar surface area (TPSA) is 58.9 Å². The number of phenols is 2. The maximum absolute atomic E-state index is 9.69. The number of methoxy groups -OCH3 is 2. The van der Waals surface area contributed by atoms with Crippen LogP contribution in [0.5, 0.6) is 23.0 Å². The Morgan fingerprint density at radius 3 is 1.78 bits per heavy atom. The number of phenolic OH excluding ortho intramolecular Hbond substituents is 2. The van der Waals surface area contributed by atoms with E-state index < -0.39 is 0 Å². The van der Waals surface area contributed by atoms with Gasteiger partial charge in [0.15, 0.2) is 0 Å². The SMILES string of the molecule is COc1ccc2c(c1)CCC(c1ccccc1)=C2c1ccc(O)cc1.COc1ccc2c(c1)CCC(c1ccccc1)C2c1ccc(O)cc1. The molecule has 0 amide bonds. The number of ether oxygens (including phenoxy) is 2. The highest BCUT2D eigenvalue weighted by Gasteiger charge is 2.32. The smallest absolute Gasteiger partial charge is 0.119 e. The second-order valence-electron chi connectivity index (χ2n) is 13.0. The summed E-state index contributed by atoms with van der Waals surface area (Å²) in [6.45, 7) is 0. The van der Waals surface area contributed by atoms with Crippen molar-refractivity contribution in [1.29, 1.82) is 0 Å². The van der Waals surface area contributed by atoms with E-state index in [9.17, 15) is 10.2 Å². The number of hydrogen-bond donors (Lipinski definition) is 2. The van der Waals surface area contributed by atoms with Crippen LogP contribution in [0.1, 0.15) is 69.2 Å². The zero-order valence-electron chi connectivity index (χ0n) is 28.6. The molecule has 2 atom stereocenters. The minimum atomic E-state index is 0.288. The van der Waals surface area contributed by atoms with Crippen LogP contribution in [0.4, 0.5) is 0 Å². The third-order valence-electron chi connectivity index (χ3n) is 10.1. The van der Waals surface area contributed by atoms with Crippen LogP contribution < -0.4 is 9.47 Å². The summed E-state index contributed by atoms with van der Waals surface area (Å²) < 4.78 is 10.8. The first kappa shape index (κ1) is 32.8. The summed E-state index contributed by atoms with van der Waals surface area (Å²) in [7, 11) is 3.42. The number of fused-ring (bicyclic) bond motifs is 2. The molecule has 0 radical (unpaired) electrons. The lowest BCUT2D eigenvalue weighted by atomic mass is 9.69. The van der Waals surface area contributed by atoms with E-state index in [0.717, 1.165) is 42.7 Å². The summed E-state index contributed by atoms with van der Waals surface area (Å²) in [5.41, 5.74) is 12.9. The fourth-order valence-electron chi connectivity index (χ4n) is 7.66. The first-order valence-corrected chi connectivity index (χ1v) is 17.3. The number of allylic oxidation sites excluding steroid dienone is 1. The Kier molecular flexibility index (Phi) is 9.70. The highest BCUT2D eigenvalue weighted by molar-refractivity contribution is 6.00. The second kappa shape index (κ2) is 14.8. The van der Waals surface area contributed by atoms with Crippen molar-refractivity contribution in [3.05, 3.63) is 190 Å². The van der Waals surface area contributed by atoms with Crippen molar-refractivity contribution < 1.29 is 19.7 Å². The third-order valence-corrected chi connectivity index (χ3v) is 10.1. The van der Waals surface area contributed by atoms with E-state index in [0.29, 0.717) is 11.7 Å². The summed E-state index contributed by atoms with van der Waals surface area (Å²) in [5, 5.41) is 19.4. The van der Waals surface area contributed by atoms with Crippen LogP contribution in [0, 0.1) is 0 Å². The van der Waals surface area contributed by atoms with Gasteiger partial charge in [-0.3, -0.25) is 0 Å². The molecule has 0 bridgehead atoms. The van der Waals surface area contributed by atoms with Crippen LogP contribution >= 0.6 is 0 Å². The molecular formula is C46H42O4. The molecule has 8 rings (SSSR count). The van der Waals surface area contributed by atoms with E-state index in [2.05, 4.69) is 97.1 Å². The maximum Gasteiger partial charge on any atom is 0.119 e. The Balaban J connectivity index is 0.000000157. The van der Waals surface area contributed by atoms with Gasteiger partial charge >= 0.3 is 0 Å². The van der Waals surface area contributed by atoms with Gasteiger partial charge < -0.3 is 19.7 Å². The Bertz CT molecular complexity index is 2080. The Morgan fingerprint density at radius 1 is 0.520 bits per heavy atom. The van der Waals surface area contributed by atoms with Gasteiger partial charge in [-0.25, -0.2) is 0 Å². The van der Waals surface area contributed by atoms with Crippen LogP contribution in [-0.4, -0.2) is 24.4 Å². The molecule has 6 aromatic carbocycles. The van der Waals surface area contributed by atoms with Gasteiger partial charge in [0.2, 0.25) is 0 Å². The summed E-state index contributed by atoms with van der Waals surface area (Å²) in [5.74, 6) is 3.14. The fourth-order valence-corrected chi connectivity index (χ4v) is 7.66. The quantitative estimate of drug-likeness (QED) is 0.187. The highest BCUT2D eigenvalue weighted by Crippen LogP contribution is 2.47. The molecule has 0 spiro atoms. The highest BCUT2D eigenvalue weighted by atomic mass is 16.5. The minimum Gasteiger partial charge on any atom is -0.508 e. The fraction of sp³-hybridized carbons (Fsp3) is 0.174. The second-order valence-corrected chi connectivity index (χ2v) is 13.0. The monoisotopic (exact) mass is 658 g/mol. The van der Waals surface area contributed by atoms with E-state index in [1.807, 2.05) is 24.3 Å². The van der Waals surface area contributed by atoms with Crippen LogP contribution in [0.25, 0.3) is 11.1 Å². The van der Waals surface area contributed by atoms with E-state index in [-0.39, 0.29) is 11.7 Å². The van der Waals surface area contributed by atoms with Gasteiger partial charge in [-0.05, 0) is 136 Å². The Morgan fingerprint density at radius 2 is 1.12 bits per heavy atom. The Labute approximate surface area is 294 Å². The zero-order valence-corrected chi connectivity index (χ0v) is 28.6. The van der Waals surface area contributed by atoms with Crippen molar-refractivity contribution in [1.82, 2.24) is 0 Å². The molecule has 0 heterocycles. The minimum absolute atomic E-state index is 0.288. The van der Waals surface area contributed by atoms with Gasteiger partial charge in [-0.15, -0.1) is 0 Å². The standard InChI is InChI=1S/C23H22O2.C23H20O2/c2*1-25-20-12-14-22-18(15-20)9-13-21(16-5-3-2-4-6-16)23(22)17-7-10-19(24)11-8-17/h2-8,10-12,14-15,21,23-24H,9,13H2,1H3;2-8,10-12,14-15,24H,9,13H2,1H3. The summed E-state index contributed by atoms with van der Waals surface area (Å²) in [4.78, 5) is 0. The maximum atomic E-state index is 9.69. The molecule has 0 saturated heterocycles. The molecule has 2 unspecified atom stereocenters. The molecule has 50 heavy (non-hydrogen) atoms. The lowest BCUT2D eigenvalue weighted by Crippen LogP contribution is -2.20. The molecule has 2 N–H and O–H groups in total. The summed E-state index contributed by atoms with van der Waals surface area (Å²) >= 11 is 0. The van der Waals surface area contributed by atoms with Gasteiger partial charge in [0.1, 0.15) is 23.0 Å². The van der Waals surface area contributed by atoms with Crippen molar-refractivity contribution in [3.63, 3.8) is 0 Å². The molecular weight excluding hydrogens is 617 g/mol. The Hall–Kier alpha value is -5.74. The molecule has 0 aliphatic heterocycles. The average molecular weight is 659 g/mol. The predicted octanol–water partition coefficient (Wildman–Crippen LogP) is 10.6. The zero-order chi connectivity index (χ0) is 34.5. The van der Waals surface area contributed by atoms with Crippen LogP contribution in [-0.2, 0) is 12.8 Å². The molecule has 0 aromatic heterocycles. The number of rotatable bonds is 6. The molecule has 2 aliphatic carbocycles. The first-order valence-electron chi connectivity index (χ1n) is 17.3. The molecule has 0 saturated carbocycles.